The molecule has 2 N–H and O–H groups in total. The van der Waals surface area contributed by atoms with Gasteiger partial charge >= 0.3 is 0 Å². The fourth-order valence-electron chi connectivity index (χ4n) is 5.74. The summed E-state index contributed by atoms with van der Waals surface area (Å²) >= 11 is 0.843. The van der Waals surface area contributed by atoms with Crippen LogP contribution in [0, 0.1) is 59.8 Å². The molecule has 5 rings (SSSR count). The summed E-state index contributed by atoms with van der Waals surface area (Å²) in [5, 5.41) is 31.1. The first-order valence-electron chi connectivity index (χ1n) is 15.6. The van der Waals surface area contributed by atoms with Crippen LogP contribution in [0.1, 0.15) is 71.0 Å². The summed E-state index contributed by atoms with van der Waals surface area (Å²) in [6, 6.07) is 12.6. The van der Waals surface area contributed by atoms with Crippen LogP contribution >= 0.6 is 11.5 Å². The van der Waals surface area contributed by atoms with Crippen LogP contribution in [-0.2, 0) is 15.3 Å². The average Bonchev–Trinajstić information content (AvgIpc) is 3.61. The SMILES string of the molecule is Cc1cc(C)c(Nc2cc(C)c(N=Nc3c(C#N)c(C(C)(C)C)nn3-c3nc(S(C)(=O)=O)ns3)c(Nc3c(C)cc(C)cc3C)n2)c(C)c1. The lowest BCUT2D eigenvalue weighted by Gasteiger charge is -2.18. The molecular formula is C35H40N10O2S2. The van der Waals surface area contributed by atoms with Crippen molar-refractivity contribution in [3.63, 3.8) is 0 Å². The van der Waals surface area contributed by atoms with Crippen molar-refractivity contribution in [2.24, 2.45) is 10.2 Å². The lowest BCUT2D eigenvalue weighted by atomic mass is 9.90. The highest BCUT2D eigenvalue weighted by Crippen LogP contribution is 2.39. The Balaban J connectivity index is 1.70. The Kier molecular flexibility index (Phi) is 9.46. The molecule has 0 saturated carbocycles. The summed E-state index contributed by atoms with van der Waals surface area (Å²) in [4.78, 5) is 9.20. The van der Waals surface area contributed by atoms with Gasteiger partial charge in [0, 0.05) is 34.6 Å². The van der Waals surface area contributed by atoms with Crippen LogP contribution in [0.15, 0.2) is 45.7 Å². The van der Waals surface area contributed by atoms with Gasteiger partial charge in [-0.2, -0.15) is 24.4 Å². The largest absolute Gasteiger partial charge is 0.340 e. The summed E-state index contributed by atoms with van der Waals surface area (Å²) in [5.74, 6) is 1.18. The molecule has 3 heterocycles. The molecule has 254 valence electrons. The molecule has 14 heteroatoms. The van der Waals surface area contributed by atoms with E-state index in [0.29, 0.717) is 23.0 Å². The Morgan fingerprint density at radius 1 is 0.816 bits per heavy atom. The monoisotopic (exact) mass is 696 g/mol. The van der Waals surface area contributed by atoms with E-state index in [9.17, 15) is 13.7 Å². The number of pyridine rings is 1. The van der Waals surface area contributed by atoms with Gasteiger partial charge in [0.25, 0.3) is 5.16 Å². The second kappa shape index (κ2) is 13.1. The van der Waals surface area contributed by atoms with Crippen LogP contribution in [0.4, 0.5) is 34.5 Å². The molecule has 5 aromatic rings. The molecule has 0 amide bonds. The first-order chi connectivity index (χ1) is 22.9. The predicted octanol–water partition coefficient (Wildman–Crippen LogP) is 8.75. The Hall–Kier alpha value is -5.00. The number of aryl methyl sites for hydroxylation is 7. The highest BCUT2D eigenvalue weighted by Gasteiger charge is 2.30. The normalized spacial score (nSPS) is 12.0. The fourth-order valence-corrected chi connectivity index (χ4v) is 7.24. The number of hydrogen-bond acceptors (Lipinski definition) is 12. The minimum atomic E-state index is -3.68. The molecule has 0 saturated heterocycles. The zero-order valence-corrected chi connectivity index (χ0v) is 31.2. The Bertz CT molecular complexity index is 2240. The molecule has 0 fully saturated rings. The Morgan fingerprint density at radius 3 is 1.86 bits per heavy atom. The summed E-state index contributed by atoms with van der Waals surface area (Å²) < 4.78 is 29.7. The fraction of sp³-hybridized carbons (Fsp3) is 0.343. The molecule has 0 atom stereocenters. The van der Waals surface area contributed by atoms with Crippen molar-refractivity contribution in [3.8, 4) is 11.2 Å². The van der Waals surface area contributed by atoms with Crippen molar-refractivity contribution < 1.29 is 8.42 Å². The van der Waals surface area contributed by atoms with Crippen molar-refractivity contribution in [1.82, 2.24) is 24.1 Å². The van der Waals surface area contributed by atoms with Crippen molar-refractivity contribution in [2.45, 2.75) is 79.8 Å². The van der Waals surface area contributed by atoms with E-state index < -0.39 is 15.3 Å². The lowest BCUT2D eigenvalue weighted by Crippen LogP contribution is -2.14. The number of nitriles is 1. The maximum atomic E-state index is 12.2. The maximum absolute atomic E-state index is 12.2. The van der Waals surface area contributed by atoms with Gasteiger partial charge < -0.3 is 10.6 Å². The van der Waals surface area contributed by atoms with Crippen molar-refractivity contribution in [3.05, 3.63) is 80.5 Å². The minimum Gasteiger partial charge on any atom is -0.340 e. The third-order valence-corrected chi connectivity index (χ3v) is 9.52. The predicted molar refractivity (Wildman–Crippen MR) is 195 cm³/mol. The van der Waals surface area contributed by atoms with E-state index in [4.69, 9.17) is 4.98 Å². The molecule has 0 spiro atoms. The van der Waals surface area contributed by atoms with Crippen LogP contribution in [-0.4, -0.2) is 38.8 Å². The van der Waals surface area contributed by atoms with Crippen molar-refractivity contribution in [1.29, 1.82) is 5.26 Å². The van der Waals surface area contributed by atoms with E-state index in [-0.39, 0.29) is 21.7 Å². The standard InChI is InChI=1S/C35H40N10O2S2/c1-18-12-20(3)27(21(4)13-18)37-26-16-24(7)29(31(38-26)39-28-22(5)14-19(2)15-23(28)6)41-42-32-25(17-36)30(35(8,9)10)43-45(32)34-40-33(44-48-34)49(11,46)47/h12-16H,1-11H3,(H2,37,38,39). The number of nitrogens with one attached hydrogen (secondary N) is 2. The van der Waals surface area contributed by atoms with Gasteiger partial charge in [0.1, 0.15) is 23.1 Å². The highest BCUT2D eigenvalue weighted by atomic mass is 32.2. The van der Waals surface area contributed by atoms with Gasteiger partial charge in [0.15, 0.2) is 11.6 Å². The molecule has 12 nitrogen and oxygen atoms in total. The van der Waals surface area contributed by atoms with Crippen LogP contribution in [0.2, 0.25) is 0 Å². The van der Waals surface area contributed by atoms with Gasteiger partial charge in [-0.05, 0) is 82.3 Å². The zero-order valence-electron chi connectivity index (χ0n) is 29.6. The topological polar surface area (TPSA) is 163 Å². The van der Waals surface area contributed by atoms with Gasteiger partial charge in [-0.1, -0.05) is 56.2 Å². The summed E-state index contributed by atoms with van der Waals surface area (Å²) in [5.41, 5.74) is 9.81. The lowest BCUT2D eigenvalue weighted by molar-refractivity contribution is 0.558. The second-order valence-electron chi connectivity index (χ2n) is 13.5. The second-order valence-corrected chi connectivity index (χ2v) is 16.1. The van der Waals surface area contributed by atoms with E-state index in [0.717, 1.165) is 62.5 Å². The first kappa shape index (κ1) is 35.3. The van der Waals surface area contributed by atoms with Crippen molar-refractivity contribution in [2.75, 3.05) is 16.9 Å². The molecule has 0 aliphatic heterocycles. The van der Waals surface area contributed by atoms with Gasteiger partial charge in [-0.3, -0.25) is 0 Å². The zero-order chi connectivity index (χ0) is 36.0. The average molecular weight is 697 g/mol. The highest BCUT2D eigenvalue weighted by molar-refractivity contribution is 7.90. The van der Waals surface area contributed by atoms with Crippen LogP contribution < -0.4 is 10.6 Å². The van der Waals surface area contributed by atoms with Crippen LogP contribution in [0.25, 0.3) is 5.13 Å². The van der Waals surface area contributed by atoms with E-state index >= 15 is 0 Å². The van der Waals surface area contributed by atoms with Gasteiger partial charge in [-0.25, -0.2) is 13.4 Å². The number of nitrogens with zero attached hydrogens (tertiary/aromatic N) is 8. The van der Waals surface area contributed by atoms with E-state index in [1.807, 2.05) is 47.6 Å². The first-order valence-corrected chi connectivity index (χ1v) is 18.2. The van der Waals surface area contributed by atoms with Crippen LogP contribution in [0.5, 0.6) is 0 Å². The van der Waals surface area contributed by atoms with Gasteiger partial charge in [0.05, 0.1) is 5.69 Å². The number of anilines is 4. The van der Waals surface area contributed by atoms with Gasteiger partial charge in [0.2, 0.25) is 15.0 Å². The van der Waals surface area contributed by atoms with Crippen LogP contribution in [0.3, 0.4) is 0 Å². The third-order valence-electron chi connectivity index (χ3n) is 7.87. The summed E-state index contributed by atoms with van der Waals surface area (Å²) in [6.45, 7) is 20.0. The third kappa shape index (κ3) is 7.38. The summed E-state index contributed by atoms with van der Waals surface area (Å²) in [7, 11) is -3.68. The molecular weight excluding hydrogens is 657 g/mol. The Labute approximate surface area is 291 Å². The molecule has 3 aromatic heterocycles. The molecule has 49 heavy (non-hydrogen) atoms. The number of sulfone groups is 1. The quantitative estimate of drug-likeness (QED) is 0.151. The molecule has 2 aromatic carbocycles. The maximum Gasteiger partial charge on any atom is 0.260 e. The molecule has 0 bridgehead atoms. The smallest absolute Gasteiger partial charge is 0.260 e. The number of azo groups is 1. The summed E-state index contributed by atoms with van der Waals surface area (Å²) in [6.07, 6.45) is 1.03. The van der Waals surface area contributed by atoms with E-state index in [1.165, 1.54) is 10.2 Å². The van der Waals surface area contributed by atoms with E-state index in [2.05, 4.69) is 93.3 Å². The van der Waals surface area contributed by atoms with Crippen molar-refractivity contribution >= 4 is 55.9 Å². The number of aromatic nitrogens is 5. The van der Waals surface area contributed by atoms with Gasteiger partial charge in [-0.15, -0.1) is 10.2 Å². The van der Waals surface area contributed by atoms with E-state index in [1.54, 1.807) is 0 Å². The molecule has 0 unspecified atom stereocenters. The minimum absolute atomic E-state index is 0.102. The Morgan fingerprint density at radius 2 is 1.37 bits per heavy atom. The molecule has 0 radical (unpaired) electrons. The number of benzene rings is 2. The molecule has 0 aliphatic carbocycles. The number of hydrogen-bond donors (Lipinski definition) is 2. The number of rotatable bonds is 8. The molecule has 0 aliphatic rings.